The lowest BCUT2D eigenvalue weighted by atomic mass is 9.81. The van der Waals surface area contributed by atoms with Crippen molar-refractivity contribution in [1.82, 2.24) is 0 Å². The molecule has 0 aromatic heterocycles. The second-order valence-corrected chi connectivity index (χ2v) is 3.79. The van der Waals surface area contributed by atoms with Crippen LogP contribution >= 0.6 is 0 Å². The molecule has 0 aromatic rings. The monoisotopic (exact) mass is 169 g/mol. The van der Waals surface area contributed by atoms with Crippen LogP contribution in [0.3, 0.4) is 0 Å². The van der Waals surface area contributed by atoms with Crippen LogP contribution in [0.2, 0.25) is 0 Å². The normalized spacial score (nSPS) is 17.4. The van der Waals surface area contributed by atoms with Gasteiger partial charge < -0.3 is 5.73 Å². The maximum atomic E-state index is 11.3. The summed E-state index contributed by atoms with van der Waals surface area (Å²) in [6.07, 6.45) is 7.47. The van der Waals surface area contributed by atoms with Gasteiger partial charge in [0, 0.05) is 12.8 Å². The Labute approximate surface area is 74.5 Å². The Kier molecular flexibility index (Phi) is 4.30. The molecule has 1 rings (SSSR count). The molecule has 1 saturated carbocycles. The number of carbonyl (C=O) groups excluding carboxylic acids is 1. The van der Waals surface area contributed by atoms with Crippen LogP contribution in [0.25, 0.3) is 0 Å². The third-order valence-corrected chi connectivity index (χ3v) is 2.65. The summed E-state index contributed by atoms with van der Waals surface area (Å²) >= 11 is 0. The molecule has 2 heteroatoms. The average molecular weight is 169 g/mol. The summed E-state index contributed by atoms with van der Waals surface area (Å²) in [5, 5.41) is 0. The third kappa shape index (κ3) is 3.35. The first-order valence-corrected chi connectivity index (χ1v) is 5.04. The predicted octanol–water partition coefficient (Wildman–Crippen LogP) is 1.87. The highest BCUT2D eigenvalue weighted by Crippen LogP contribution is 2.29. The van der Waals surface area contributed by atoms with Crippen molar-refractivity contribution >= 4 is 5.78 Å². The van der Waals surface area contributed by atoms with E-state index in [1.54, 1.807) is 0 Å². The van der Waals surface area contributed by atoms with Crippen molar-refractivity contribution in [3.63, 3.8) is 0 Å². The van der Waals surface area contributed by atoms with Crippen LogP contribution < -0.4 is 5.73 Å². The van der Waals surface area contributed by atoms with Crippen molar-refractivity contribution in [3.8, 4) is 0 Å². The van der Waals surface area contributed by atoms with Gasteiger partial charge in [0.25, 0.3) is 0 Å². The lowest BCUT2D eigenvalue weighted by molar-refractivity contribution is -0.120. The third-order valence-electron chi connectivity index (χ3n) is 2.65. The van der Waals surface area contributed by atoms with Crippen LogP contribution in [0.5, 0.6) is 0 Å². The van der Waals surface area contributed by atoms with E-state index in [-0.39, 0.29) is 0 Å². The maximum Gasteiger partial charge on any atom is 0.133 e. The zero-order chi connectivity index (χ0) is 8.81. The standard InChI is InChI=1S/C10H19NO/c11-7-2-1-6-10(12)8-9-4-3-5-9/h9H,1-8,11H2. The molecule has 1 fully saturated rings. The van der Waals surface area contributed by atoms with Gasteiger partial charge in [-0.2, -0.15) is 0 Å². The second kappa shape index (κ2) is 5.31. The van der Waals surface area contributed by atoms with E-state index in [0.29, 0.717) is 5.78 Å². The second-order valence-electron chi connectivity index (χ2n) is 3.79. The molecule has 0 amide bonds. The van der Waals surface area contributed by atoms with Crippen LogP contribution in [-0.2, 0) is 4.79 Å². The molecule has 0 radical (unpaired) electrons. The van der Waals surface area contributed by atoms with Gasteiger partial charge in [0.1, 0.15) is 5.78 Å². The van der Waals surface area contributed by atoms with Crippen LogP contribution in [0, 0.1) is 5.92 Å². The van der Waals surface area contributed by atoms with Crippen LogP contribution in [0.1, 0.15) is 44.9 Å². The first kappa shape index (κ1) is 9.72. The Bertz CT molecular complexity index is 141. The van der Waals surface area contributed by atoms with Crippen molar-refractivity contribution in [2.45, 2.75) is 44.9 Å². The number of carbonyl (C=O) groups is 1. The summed E-state index contributed by atoms with van der Waals surface area (Å²) in [5.41, 5.74) is 5.34. The molecule has 0 bridgehead atoms. The first-order valence-electron chi connectivity index (χ1n) is 5.04. The Morgan fingerprint density at radius 3 is 2.58 bits per heavy atom. The Morgan fingerprint density at radius 2 is 2.08 bits per heavy atom. The number of unbranched alkanes of at least 4 members (excludes halogenated alkanes) is 1. The molecule has 0 heterocycles. The topological polar surface area (TPSA) is 43.1 Å². The van der Waals surface area contributed by atoms with E-state index in [9.17, 15) is 4.79 Å². The Balaban J connectivity index is 1.95. The van der Waals surface area contributed by atoms with E-state index in [2.05, 4.69) is 0 Å². The van der Waals surface area contributed by atoms with E-state index in [4.69, 9.17) is 5.73 Å². The zero-order valence-electron chi connectivity index (χ0n) is 7.72. The van der Waals surface area contributed by atoms with Gasteiger partial charge in [-0.15, -0.1) is 0 Å². The fourth-order valence-electron chi connectivity index (χ4n) is 1.59. The lowest BCUT2D eigenvalue weighted by Gasteiger charge is -2.24. The van der Waals surface area contributed by atoms with Crippen molar-refractivity contribution < 1.29 is 4.79 Å². The predicted molar refractivity (Wildman–Crippen MR) is 49.9 cm³/mol. The van der Waals surface area contributed by atoms with Gasteiger partial charge in [0.15, 0.2) is 0 Å². The van der Waals surface area contributed by atoms with Gasteiger partial charge in [-0.25, -0.2) is 0 Å². The first-order chi connectivity index (χ1) is 5.83. The summed E-state index contributed by atoms with van der Waals surface area (Å²) in [6, 6.07) is 0. The number of ketones is 1. The zero-order valence-corrected chi connectivity index (χ0v) is 7.72. The van der Waals surface area contributed by atoms with Crippen molar-refractivity contribution in [3.05, 3.63) is 0 Å². The minimum absolute atomic E-state index is 0.452. The SMILES string of the molecule is NCCCCC(=O)CC1CCC1. The summed E-state index contributed by atoms with van der Waals surface area (Å²) in [6.45, 7) is 0.719. The molecular formula is C10H19NO. The van der Waals surface area contributed by atoms with E-state index in [0.717, 1.165) is 38.1 Å². The number of Topliss-reactive ketones (excluding diaryl/α,β-unsaturated/α-hetero) is 1. The Morgan fingerprint density at radius 1 is 1.33 bits per heavy atom. The molecule has 0 spiro atoms. The quantitative estimate of drug-likeness (QED) is 0.617. The van der Waals surface area contributed by atoms with Crippen LogP contribution in [0.4, 0.5) is 0 Å². The summed E-state index contributed by atoms with van der Waals surface area (Å²) < 4.78 is 0. The maximum absolute atomic E-state index is 11.3. The molecule has 1 aliphatic carbocycles. The average Bonchev–Trinajstić information content (AvgIpc) is 1.98. The highest BCUT2D eigenvalue weighted by Gasteiger charge is 2.19. The molecule has 0 aromatic carbocycles. The number of rotatable bonds is 6. The molecule has 0 atom stereocenters. The van der Waals surface area contributed by atoms with E-state index in [1.807, 2.05) is 0 Å². The van der Waals surface area contributed by atoms with Gasteiger partial charge in [-0.3, -0.25) is 4.79 Å². The fourth-order valence-corrected chi connectivity index (χ4v) is 1.59. The van der Waals surface area contributed by atoms with Crippen molar-refractivity contribution in [1.29, 1.82) is 0 Å². The number of nitrogens with two attached hydrogens (primary N) is 1. The highest BCUT2D eigenvalue weighted by atomic mass is 16.1. The molecule has 2 N–H and O–H groups in total. The van der Waals surface area contributed by atoms with Gasteiger partial charge in [0.05, 0.1) is 0 Å². The minimum Gasteiger partial charge on any atom is -0.330 e. The summed E-state index contributed by atoms with van der Waals surface area (Å²) in [7, 11) is 0. The summed E-state index contributed by atoms with van der Waals surface area (Å²) in [5.74, 6) is 1.18. The Hall–Kier alpha value is -0.370. The van der Waals surface area contributed by atoms with Gasteiger partial charge in [0.2, 0.25) is 0 Å². The van der Waals surface area contributed by atoms with Crippen molar-refractivity contribution in [2.24, 2.45) is 11.7 Å². The van der Waals surface area contributed by atoms with Crippen LogP contribution in [-0.4, -0.2) is 12.3 Å². The van der Waals surface area contributed by atoms with Gasteiger partial charge >= 0.3 is 0 Å². The van der Waals surface area contributed by atoms with E-state index >= 15 is 0 Å². The van der Waals surface area contributed by atoms with E-state index < -0.39 is 0 Å². The molecule has 0 saturated heterocycles. The molecule has 1 aliphatic rings. The van der Waals surface area contributed by atoms with Gasteiger partial charge in [-0.05, 0) is 25.3 Å². The molecular weight excluding hydrogens is 150 g/mol. The highest BCUT2D eigenvalue weighted by molar-refractivity contribution is 5.78. The molecule has 0 aliphatic heterocycles. The summed E-state index contributed by atoms with van der Waals surface area (Å²) in [4.78, 5) is 11.3. The van der Waals surface area contributed by atoms with Gasteiger partial charge in [-0.1, -0.05) is 19.3 Å². The number of hydrogen-bond donors (Lipinski definition) is 1. The smallest absolute Gasteiger partial charge is 0.133 e. The lowest BCUT2D eigenvalue weighted by Crippen LogP contribution is -2.15. The molecule has 12 heavy (non-hydrogen) atoms. The molecule has 70 valence electrons. The fraction of sp³-hybridized carbons (Fsp3) is 0.900. The molecule has 2 nitrogen and oxygen atoms in total. The number of hydrogen-bond acceptors (Lipinski definition) is 2. The van der Waals surface area contributed by atoms with Crippen LogP contribution in [0.15, 0.2) is 0 Å². The van der Waals surface area contributed by atoms with E-state index in [1.165, 1.54) is 19.3 Å². The minimum atomic E-state index is 0.452. The van der Waals surface area contributed by atoms with Crippen molar-refractivity contribution in [2.75, 3.05) is 6.54 Å². The largest absolute Gasteiger partial charge is 0.330 e. The molecule has 0 unspecified atom stereocenters.